The molecular weight excluding hydrogens is 458 g/mol. The van der Waals surface area contributed by atoms with Gasteiger partial charge in [0.15, 0.2) is 33.4 Å². The molecule has 0 saturated heterocycles. The molecule has 0 spiro atoms. The molecule has 0 aliphatic heterocycles. The van der Waals surface area contributed by atoms with Crippen LogP contribution in [0.1, 0.15) is 33.3 Å². The van der Waals surface area contributed by atoms with E-state index in [0.717, 1.165) is 17.8 Å². The number of nitrogens with two attached hydrogens (primary N) is 1. The maximum atomic E-state index is 14.0. The van der Waals surface area contributed by atoms with Crippen LogP contribution in [0.25, 0.3) is 10.3 Å². The summed E-state index contributed by atoms with van der Waals surface area (Å²) >= 11 is 2.34. The number of rotatable bonds is 7. The minimum atomic E-state index is -1.02. The predicted octanol–water partition coefficient (Wildman–Crippen LogP) is 4.82. The molecular formula is C20H24F2N6O2S2. The number of amides is 1. The Labute approximate surface area is 192 Å². The number of carbonyl (C=O) groups is 1. The molecule has 32 heavy (non-hydrogen) atoms. The van der Waals surface area contributed by atoms with Crippen molar-refractivity contribution in [3.8, 4) is 0 Å². The van der Waals surface area contributed by atoms with Crippen molar-refractivity contribution in [2.24, 2.45) is 0 Å². The van der Waals surface area contributed by atoms with Gasteiger partial charge >= 0.3 is 6.09 Å². The minimum absolute atomic E-state index is 0.126. The number of nitrogen functional groups attached to an aromatic ring is 1. The Bertz CT molecular complexity index is 1140. The molecule has 3 rings (SSSR count). The van der Waals surface area contributed by atoms with Crippen molar-refractivity contribution in [1.29, 1.82) is 0 Å². The third-order valence-electron chi connectivity index (χ3n) is 4.52. The largest absolute Gasteiger partial charge is 0.465 e. The zero-order valence-electron chi connectivity index (χ0n) is 18.0. The first-order valence-corrected chi connectivity index (χ1v) is 11.5. The van der Waals surface area contributed by atoms with E-state index in [9.17, 15) is 18.7 Å². The lowest BCUT2D eigenvalue weighted by Crippen LogP contribution is -2.49. The molecule has 0 bridgehead atoms. The summed E-state index contributed by atoms with van der Waals surface area (Å²) in [5.74, 6) is -1.23. The summed E-state index contributed by atoms with van der Waals surface area (Å²) in [5.41, 5.74) is 5.85. The number of thioether (sulfide) groups is 1. The Morgan fingerprint density at radius 2 is 2.03 bits per heavy atom. The molecule has 0 fully saturated rings. The fourth-order valence-electron chi connectivity index (χ4n) is 2.98. The standard InChI is InChI=1S/C20H24F2N6O2S2/c1-10(8-28(19(29)30)20(2,3)4)24-15-14-16(25-17(23)32-14)27-18(26-15)31-9-11-6-5-7-12(21)13(11)22/h5-7,10H,8-9H2,1-4H3,(H,29,30)(H3,23,24,25,26,27)/t10-/m1/s1. The monoisotopic (exact) mass is 482 g/mol. The van der Waals surface area contributed by atoms with E-state index in [2.05, 4.69) is 20.3 Å². The van der Waals surface area contributed by atoms with Gasteiger partial charge in [-0.15, -0.1) is 0 Å². The van der Waals surface area contributed by atoms with Gasteiger partial charge in [0.1, 0.15) is 4.70 Å². The Kier molecular flexibility index (Phi) is 7.03. The van der Waals surface area contributed by atoms with Crippen LogP contribution in [0.5, 0.6) is 0 Å². The van der Waals surface area contributed by atoms with E-state index in [1.807, 2.05) is 27.7 Å². The normalized spacial score (nSPS) is 12.7. The van der Waals surface area contributed by atoms with Crippen molar-refractivity contribution in [2.75, 3.05) is 17.6 Å². The highest BCUT2D eigenvalue weighted by molar-refractivity contribution is 7.98. The second-order valence-corrected chi connectivity index (χ2v) is 10.1. The first-order valence-electron chi connectivity index (χ1n) is 9.72. The van der Waals surface area contributed by atoms with Crippen molar-refractivity contribution in [1.82, 2.24) is 19.9 Å². The van der Waals surface area contributed by atoms with Crippen LogP contribution in [0.15, 0.2) is 23.4 Å². The number of hydrogen-bond acceptors (Lipinski definition) is 8. The number of hydrogen-bond donors (Lipinski definition) is 3. The van der Waals surface area contributed by atoms with Crippen molar-refractivity contribution in [3.63, 3.8) is 0 Å². The highest BCUT2D eigenvalue weighted by atomic mass is 32.2. The molecule has 0 radical (unpaired) electrons. The predicted molar refractivity (Wildman–Crippen MR) is 123 cm³/mol. The fourth-order valence-corrected chi connectivity index (χ4v) is 4.52. The van der Waals surface area contributed by atoms with Gasteiger partial charge in [0.2, 0.25) is 0 Å². The summed E-state index contributed by atoms with van der Waals surface area (Å²) in [6.45, 7) is 7.52. The molecule has 1 atom stereocenters. The zero-order valence-corrected chi connectivity index (χ0v) is 19.7. The molecule has 172 valence electrons. The number of benzene rings is 1. The Morgan fingerprint density at radius 3 is 2.69 bits per heavy atom. The van der Waals surface area contributed by atoms with Crippen LogP contribution in [-0.2, 0) is 5.75 Å². The number of thiazole rings is 1. The van der Waals surface area contributed by atoms with Crippen LogP contribution >= 0.6 is 23.1 Å². The smallest absolute Gasteiger partial charge is 0.407 e. The minimum Gasteiger partial charge on any atom is -0.465 e. The third-order valence-corrected chi connectivity index (χ3v) is 6.30. The second kappa shape index (κ2) is 9.41. The summed E-state index contributed by atoms with van der Waals surface area (Å²) < 4.78 is 28.1. The summed E-state index contributed by atoms with van der Waals surface area (Å²) in [5, 5.41) is 13.4. The van der Waals surface area contributed by atoms with Crippen molar-refractivity contribution in [2.45, 2.75) is 50.2 Å². The van der Waals surface area contributed by atoms with E-state index in [1.54, 1.807) is 0 Å². The summed E-state index contributed by atoms with van der Waals surface area (Å²) in [6.07, 6.45) is -1.02. The lowest BCUT2D eigenvalue weighted by molar-refractivity contribution is 0.0984. The number of halogens is 2. The maximum absolute atomic E-state index is 14.0. The molecule has 2 heterocycles. The van der Waals surface area contributed by atoms with Crippen LogP contribution in [-0.4, -0.2) is 49.2 Å². The van der Waals surface area contributed by atoms with Crippen LogP contribution in [0.2, 0.25) is 0 Å². The van der Waals surface area contributed by atoms with Crippen molar-refractivity contribution in [3.05, 3.63) is 35.4 Å². The van der Waals surface area contributed by atoms with Gasteiger partial charge in [-0.2, -0.15) is 0 Å². The van der Waals surface area contributed by atoms with Gasteiger partial charge in [-0.25, -0.2) is 28.5 Å². The molecule has 4 N–H and O–H groups in total. The quantitative estimate of drug-likeness (QED) is 0.324. The average Bonchev–Trinajstić information content (AvgIpc) is 3.06. The van der Waals surface area contributed by atoms with Gasteiger partial charge in [-0.3, -0.25) is 0 Å². The van der Waals surface area contributed by atoms with Crippen LogP contribution < -0.4 is 11.1 Å². The molecule has 1 amide bonds. The lowest BCUT2D eigenvalue weighted by Gasteiger charge is -2.35. The number of anilines is 2. The Balaban J connectivity index is 1.84. The molecule has 0 aliphatic carbocycles. The molecule has 0 saturated carbocycles. The van der Waals surface area contributed by atoms with Crippen molar-refractivity contribution >= 4 is 50.5 Å². The van der Waals surface area contributed by atoms with Gasteiger partial charge in [0.05, 0.1) is 0 Å². The molecule has 0 unspecified atom stereocenters. The van der Waals surface area contributed by atoms with Crippen LogP contribution in [0.3, 0.4) is 0 Å². The summed E-state index contributed by atoms with van der Waals surface area (Å²) in [4.78, 5) is 26.1. The van der Waals surface area contributed by atoms with E-state index in [1.165, 1.54) is 28.4 Å². The van der Waals surface area contributed by atoms with Gasteiger partial charge in [0, 0.05) is 29.4 Å². The van der Waals surface area contributed by atoms with Crippen LogP contribution in [0, 0.1) is 11.6 Å². The number of aromatic nitrogens is 3. The zero-order chi connectivity index (χ0) is 23.6. The van der Waals surface area contributed by atoms with E-state index in [-0.39, 0.29) is 23.9 Å². The first kappa shape index (κ1) is 23.9. The Morgan fingerprint density at radius 1 is 1.31 bits per heavy atom. The van der Waals surface area contributed by atoms with Gasteiger partial charge in [-0.05, 0) is 33.8 Å². The highest BCUT2D eigenvalue weighted by Gasteiger charge is 2.28. The molecule has 12 heteroatoms. The summed E-state index contributed by atoms with van der Waals surface area (Å²) in [7, 11) is 0. The lowest BCUT2D eigenvalue weighted by atomic mass is 10.1. The number of nitrogens with one attached hydrogen (secondary N) is 1. The van der Waals surface area contributed by atoms with E-state index >= 15 is 0 Å². The third kappa shape index (κ3) is 5.54. The molecule has 3 aromatic rings. The van der Waals surface area contributed by atoms with E-state index in [0.29, 0.717) is 26.5 Å². The average molecular weight is 483 g/mol. The second-order valence-electron chi connectivity index (χ2n) is 8.17. The topological polar surface area (TPSA) is 117 Å². The van der Waals surface area contributed by atoms with Gasteiger partial charge in [-0.1, -0.05) is 35.2 Å². The first-order chi connectivity index (χ1) is 15.0. The number of fused-ring (bicyclic) bond motifs is 1. The molecule has 8 nitrogen and oxygen atoms in total. The molecule has 0 aliphatic rings. The Hall–Kier alpha value is -2.73. The van der Waals surface area contributed by atoms with Gasteiger partial charge in [0.25, 0.3) is 0 Å². The molecule has 2 aromatic heterocycles. The van der Waals surface area contributed by atoms with E-state index in [4.69, 9.17) is 5.73 Å². The van der Waals surface area contributed by atoms with Gasteiger partial charge < -0.3 is 21.1 Å². The number of nitrogens with zero attached hydrogens (tertiary/aromatic N) is 4. The summed E-state index contributed by atoms with van der Waals surface area (Å²) in [6, 6.07) is 3.72. The highest BCUT2D eigenvalue weighted by Crippen LogP contribution is 2.32. The fraction of sp³-hybridized carbons (Fsp3) is 0.400. The van der Waals surface area contributed by atoms with E-state index < -0.39 is 23.3 Å². The SMILES string of the molecule is C[C@H](CN(C(=O)O)C(C)(C)C)Nc1nc(SCc2cccc(F)c2F)nc2nc(N)sc12. The van der Waals surface area contributed by atoms with Crippen LogP contribution in [0.4, 0.5) is 24.5 Å². The maximum Gasteiger partial charge on any atom is 0.407 e. The van der Waals surface area contributed by atoms with Crippen molar-refractivity contribution < 1.29 is 18.7 Å². The molecule has 1 aromatic carbocycles. The number of carboxylic acid groups (broad SMARTS) is 1.